The number of amides is 1. The van der Waals surface area contributed by atoms with Crippen LogP contribution in [0.3, 0.4) is 0 Å². The Hall–Kier alpha value is -1.58. The first-order valence-electron chi connectivity index (χ1n) is 8.19. The topological polar surface area (TPSA) is 45.2 Å². The van der Waals surface area contributed by atoms with Crippen LogP contribution in [0.15, 0.2) is 12.1 Å². The number of hydrogen-bond acceptors (Lipinski definition) is 3. The van der Waals surface area contributed by atoms with Crippen molar-refractivity contribution in [1.82, 2.24) is 9.88 Å². The largest absolute Gasteiger partial charge is 0.373 e. The predicted octanol–water partition coefficient (Wildman–Crippen LogP) is 3.48. The molecule has 1 aromatic heterocycles. The number of pyridine rings is 1. The van der Waals surface area contributed by atoms with Crippen LogP contribution >= 0.6 is 0 Å². The molecule has 1 fully saturated rings. The molecule has 2 rings (SSSR count). The molecule has 4 nitrogen and oxygen atoms in total. The van der Waals surface area contributed by atoms with Crippen LogP contribution < -0.4 is 5.32 Å². The van der Waals surface area contributed by atoms with Gasteiger partial charge in [0.25, 0.3) is 5.91 Å². The molecule has 0 radical (unpaired) electrons. The van der Waals surface area contributed by atoms with Gasteiger partial charge < -0.3 is 10.2 Å². The van der Waals surface area contributed by atoms with E-state index in [1.165, 1.54) is 12.8 Å². The molecule has 1 aliphatic rings. The van der Waals surface area contributed by atoms with Crippen molar-refractivity contribution >= 4 is 11.7 Å². The summed E-state index contributed by atoms with van der Waals surface area (Å²) in [4.78, 5) is 19.4. The fourth-order valence-corrected chi connectivity index (χ4v) is 3.17. The Labute approximate surface area is 127 Å². The number of rotatable bonds is 6. The van der Waals surface area contributed by atoms with Gasteiger partial charge in [-0.05, 0) is 38.3 Å². The highest BCUT2D eigenvalue weighted by atomic mass is 16.2. The average molecular weight is 289 g/mol. The van der Waals surface area contributed by atoms with Gasteiger partial charge in [-0.3, -0.25) is 4.79 Å². The van der Waals surface area contributed by atoms with E-state index < -0.39 is 0 Å². The van der Waals surface area contributed by atoms with Crippen molar-refractivity contribution in [2.24, 2.45) is 0 Å². The second-order valence-corrected chi connectivity index (χ2v) is 5.76. The van der Waals surface area contributed by atoms with Crippen molar-refractivity contribution in [2.75, 3.05) is 18.9 Å². The van der Waals surface area contributed by atoms with Gasteiger partial charge in [0.15, 0.2) is 0 Å². The van der Waals surface area contributed by atoms with Gasteiger partial charge in [-0.1, -0.05) is 26.2 Å². The van der Waals surface area contributed by atoms with Gasteiger partial charge in [-0.2, -0.15) is 0 Å². The molecule has 0 atom stereocenters. The molecular formula is C17H27N3O. The minimum Gasteiger partial charge on any atom is -0.373 e. The van der Waals surface area contributed by atoms with E-state index in [0.717, 1.165) is 49.3 Å². The molecule has 0 bridgehead atoms. The van der Waals surface area contributed by atoms with Gasteiger partial charge in [0.2, 0.25) is 0 Å². The molecule has 0 saturated heterocycles. The Morgan fingerprint density at radius 3 is 2.62 bits per heavy atom. The number of carbonyl (C=O) groups excluding carboxylic acids is 1. The van der Waals surface area contributed by atoms with Crippen LogP contribution in [-0.2, 0) is 6.42 Å². The molecule has 1 N–H and O–H groups in total. The van der Waals surface area contributed by atoms with Gasteiger partial charge in [0.1, 0.15) is 5.82 Å². The number of carbonyl (C=O) groups is 1. The summed E-state index contributed by atoms with van der Waals surface area (Å²) in [5.41, 5.74) is 1.77. The summed E-state index contributed by atoms with van der Waals surface area (Å²) < 4.78 is 0. The highest BCUT2D eigenvalue weighted by Gasteiger charge is 2.26. The lowest BCUT2D eigenvalue weighted by atomic mass is 10.1. The van der Waals surface area contributed by atoms with Crippen LogP contribution in [0.2, 0.25) is 0 Å². The van der Waals surface area contributed by atoms with E-state index in [0.29, 0.717) is 6.04 Å². The molecule has 1 amide bonds. The summed E-state index contributed by atoms with van der Waals surface area (Å²) in [6.45, 7) is 4.99. The molecule has 21 heavy (non-hydrogen) atoms. The minimum atomic E-state index is 0.153. The van der Waals surface area contributed by atoms with Crippen molar-refractivity contribution in [3.63, 3.8) is 0 Å². The van der Waals surface area contributed by atoms with E-state index in [1.807, 2.05) is 24.1 Å². The minimum absolute atomic E-state index is 0.153. The van der Waals surface area contributed by atoms with Gasteiger partial charge in [0.05, 0.1) is 0 Å². The number of hydrogen-bond donors (Lipinski definition) is 1. The van der Waals surface area contributed by atoms with Crippen molar-refractivity contribution in [1.29, 1.82) is 0 Å². The second-order valence-electron chi connectivity index (χ2n) is 5.76. The summed E-state index contributed by atoms with van der Waals surface area (Å²) in [6, 6.07) is 4.26. The maximum atomic E-state index is 12.9. The van der Waals surface area contributed by atoms with Crippen molar-refractivity contribution in [2.45, 2.75) is 58.4 Å². The molecular weight excluding hydrogens is 262 g/mol. The molecule has 116 valence electrons. The zero-order chi connectivity index (χ0) is 15.2. The monoisotopic (exact) mass is 289 g/mol. The SMILES string of the molecule is CCCc1cc(C(=O)N(CC)C2CCCC2)cc(NC)n1. The van der Waals surface area contributed by atoms with Crippen LogP contribution in [-0.4, -0.2) is 35.4 Å². The predicted molar refractivity (Wildman–Crippen MR) is 86.7 cm³/mol. The summed E-state index contributed by atoms with van der Waals surface area (Å²) in [5, 5.41) is 3.07. The van der Waals surface area contributed by atoms with E-state index in [9.17, 15) is 4.79 Å². The first kappa shape index (κ1) is 15.8. The van der Waals surface area contributed by atoms with E-state index in [2.05, 4.69) is 24.1 Å². The fraction of sp³-hybridized carbons (Fsp3) is 0.647. The number of nitrogens with one attached hydrogen (secondary N) is 1. The molecule has 0 aliphatic heterocycles. The van der Waals surface area contributed by atoms with Gasteiger partial charge in [0, 0.05) is 30.9 Å². The lowest BCUT2D eigenvalue weighted by molar-refractivity contribution is 0.0693. The average Bonchev–Trinajstić information content (AvgIpc) is 3.02. The Kier molecular flexibility index (Phi) is 5.59. The summed E-state index contributed by atoms with van der Waals surface area (Å²) in [7, 11) is 1.85. The van der Waals surface area contributed by atoms with Crippen LogP contribution in [0.25, 0.3) is 0 Å². The normalized spacial score (nSPS) is 15.2. The third-order valence-corrected chi connectivity index (χ3v) is 4.25. The molecule has 0 spiro atoms. The third kappa shape index (κ3) is 3.74. The third-order valence-electron chi connectivity index (χ3n) is 4.25. The van der Waals surface area contributed by atoms with Crippen LogP contribution in [0.5, 0.6) is 0 Å². The number of aryl methyl sites for hydroxylation is 1. The smallest absolute Gasteiger partial charge is 0.254 e. The van der Waals surface area contributed by atoms with Gasteiger partial charge in [-0.25, -0.2) is 4.98 Å². The number of anilines is 1. The Morgan fingerprint density at radius 2 is 2.05 bits per heavy atom. The number of nitrogens with zero attached hydrogens (tertiary/aromatic N) is 2. The van der Waals surface area contributed by atoms with E-state index in [4.69, 9.17) is 0 Å². The Balaban J connectivity index is 2.25. The second kappa shape index (κ2) is 7.43. The lowest BCUT2D eigenvalue weighted by Gasteiger charge is -2.28. The van der Waals surface area contributed by atoms with Crippen LogP contribution in [0.4, 0.5) is 5.82 Å². The van der Waals surface area contributed by atoms with Crippen molar-refractivity contribution in [3.05, 3.63) is 23.4 Å². The molecule has 0 unspecified atom stereocenters. The van der Waals surface area contributed by atoms with Gasteiger partial charge >= 0.3 is 0 Å². The van der Waals surface area contributed by atoms with E-state index in [-0.39, 0.29) is 5.91 Å². The number of aromatic nitrogens is 1. The summed E-state index contributed by atoms with van der Waals surface area (Å²) in [6.07, 6.45) is 6.72. The van der Waals surface area contributed by atoms with E-state index in [1.54, 1.807) is 0 Å². The zero-order valence-corrected chi connectivity index (χ0v) is 13.5. The Morgan fingerprint density at radius 1 is 1.33 bits per heavy atom. The van der Waals surface area contributed by atoms with Crippen molar-refractivity contribution < 1.29 is 4.79 Å². The van der Waals surface area contributed by atoms with E-state index >= 15 is 0 Å². The Bertz CT molecular complexity index is 481. The molecule has 1 saturated carbocycles. The molecule has 4 heteroatoms. The quantitative estimate of drug-likeness (QED) is 0.872. The maximum absolute atomic E-state index is 12.9. The molecule has 1 aliphatic carbocycles. The molecule has 0 aromatic carbocycles. The highest BCUT2D eigenvalue weighted by molar-refractivity contribution is 5.95. The molecule has 1 aromatic rings. The zero-order valence-electron chi connectivity index (χ0n) is 13.5. The molecule has 1 heterocycles. The first-order chi connectivity index (χ1) is 10.2. The highest BCUT2D eigenvalue weighted by Crippen LogP contribution is 2.25. The lowest BCUT2D eigenvalue weighted by Crippen LogP contribution is -2.38. The standard InChI is InChI=1S/C17H27N3O/c1-4-8-14-11-13(12-16(18-3)19-14)17(21)20(5-2)15-9-6-7-10-15/h11-12,15H,4-10H2,1-3H3,(H,18,19). The van der Waals surface area contributed by atoms with Crippen LogP contribution in [0.1, 0.15) is 62.0 Å². The van der Waals surface area contributed by atoms with Crippen LogP contribution in [0, 0.1) is 0 Å². The maximum Gasteiger partial charge on any atom is 0.254 e. The van der Waals surface area contributed by atoms with Gasteiger partial charge in [-0.15, -0.1) is 0 Å². The first-order valence-corrected chi connectivity index (χ1v) is 8.19. The fourth-order valence-electron chi connectivity index (χ4n) is 3.17. The summed E-state index contributed by atoms with van der Waals surface area (Å²) >= 11 is 0. The summed E-state index contributed by atoms with van der Waals surface area (Å²) in [5.74, 6) is 0.937. The van der Waals surface area contributed by atoms with Crippen molar-refractivity contribution in [3.8, 4) is 0 Å².